The zero-order valence-electron chi connectivity index (χ0n) is 10.7. The molecule has 0 aromatic heterocycles. The molecule has 3 rings (SSSR count). The molecule has 1 aliphatic heterocycles. The quantitative estimate of drug-likeness (QED) is 0.781. The smallest absolute Gasteiger partial charge is 0.255 e. The van der Waals surface area contributed by atoms with Crippen molar-refractivity contribution < 1.29 is 4.79 Å². The average Bonchev–Trinajstić information content (AvgIpc) is 2.84. The largest absolute Gasteiger partial charge is 0.330 e. The van der Waals surface area contributed by atoms with Crippen molar-refractivity contribution in [2.24, 2.45) is 0 Å². The van der Waals surface area contributed by atoms with E-state index in [4.69, 9.17) is 0 Å². The first-order valence-corrected chi connectivity index (χ1v) is 7.06. The van der Waals surface area contributed by atoms with E-state index in [0.29, 0.717) is 13.1 Å². The van der Waals surface area contributed by atoms with E-state index in [2.05, 4.69) is 28.1 Å². The van der Waals surface area contributed by atoms with Crippen LogP contribution >= 0.6 is 15.9 Å². The molecule has 3 heteroatoms. The Labute approximate surface area is 121 Å². The van der Waals surface area contributed by atoms with E-state index in [1.165, 1.54) is 11.1 Å². The van der Waals surface area contributed by atoms with Gasteiger partial charge in [-0.3, -0.25) is 4.79 Å². The zero-order chi connectivity index (χ0) is 13.4. The minimum absolute atomic E-state index is 0.0896. The molecule has 19 heavy (non-hydrogen) atoms. The van der Waals surface area contributed by atoms with Crippen molar-refractivity contribution in [3.63, 3.8) is 0 Å². The highest BCUT2D eigenvalue weighted by atomic mass is 79.9. The fraction of sp³-hybridized carbons (Fsp3) is 0.188. The fourth-order valence-electron chi connectivity index (χ4n) is 2.45. The number of rotatable bonds is 1. The van der Waals surface area contributed by atoms with Crippen LogP contribution in [0.1, 0.15) is 27.0 Å². The summed E-state index contributed by atoms with van der Waals surface area (Å²) < 4.78 is 0.860. The second kappa shape index (κ2) is 4.82. The van der Waals surface area contributed by atoms with Gasteiger partial charge in [-0.05, 0) is 46.1 Å². The lowest BCUT2D eigenvalue weighted by atomic mass is 10.1. The van der Waals surface area contributed by atoms with Gasteiger partial charge in [-0.25, -0.2) is 0 Å². The summed E-state index contributed by atoms with van der Waals surface area (Å²) in [6, 6.07) is 14.1. The first-order chi connectivity index (χ1) is 9.15. The summed E-state index contributed by atoms with van der Waals surface area (Å²) >= 11 is 3.47. The lowest BCUT2D eigenvalue weighted by Gasteiger charge is -2.16. The molecule has 0 atom stereocenters. The van der Waals surface area contributed by atoms with E-state index in [1.807, 2.05) is 42.2 Å². The van der Waals surface area contributed by atoms with Crippen LogP contribution < -0.4 is 0 Å². The molecule has 0 unspecified atom stereocenters. The summed E-state index contributed by atoms with van der Waals surface area (Å²) in [6.07, 6.45) is 0. The average molecular weight is 316 g/mol. The third-order valence-corrected chi connectivity index (χ3v) is 4.17. The van der Waals surface area contributed by atoms with Crippen molar-refractivity contribution in [1.82, 2.24) is 4.90 Å². The molecule has 0 fully saturated rings. The van der Waals surface area contributed by atoms with Gasteiger partial charge in [0.15, 0.2) is 0 Å². The minimum Gasteiger partial charge on any atom is -0.330 e. The Kier molecular flexibility index (Phi) is 3.15. The van der Waals surface area contributed by atoms with Crippen molar-refractivity contribution in [3.05, 3.63) is 69.2 Å². The van der Waals surface area contributed by atoms with Crippen LogP contribution in [-0.2, 0) is 13.1 Å². The van der Waals surface area contributed by atoms with Crippen LogP contribution in [0.15, 0.2) is 46.9 Å². The lowest BCUT2D eigenvalue weighted by molar-refractivity contribution is 0.0750. The second-order valence-corrected chi connectivity index (χ2v) is 5.77. The first kappa shape index (κ1) is 12.4. The van der Waals surface area contributed by atoms with Gasteiger partial charge in [0.1, 0.15) is 0 Å². The van der Waals surface area contributed by atoms with E-state index in [0.717, 1.165) is 15.6 Å². The molecule has 96 valence electrons. The van der Waals surface area contributed by atoms with Crippen LogP contribution in [0.5, 0.6) is 0 Å². The number of aryl methyl sites for hydroxylation is 1. The molecular weight excluding hydrogens is 302 g/mol. The third-order valence-electron chi connectivity index (χ3n) is 3.48. The number of hydrogen-bond donors (Lipinski definition) is 0. The maximum Gasteiger partial charge on any atom is 0.255 e. The predicted molar refractivity (Wildman–Crippen MR) is 78.9 cm³/mol. The van der Waals surface area contributed by atoms with Gasteiger partial charge >= 0.3 is 0 Å². The monoisotopic (exact) mass is 315 g/mol. The Bertz CT molecular complexity index is 626. The maximum absolute atomic E-state index is 12.6. The van der Waals surface area contributed by atoms with Crippen LogP contribution in [0, 0.1) is 6.92 Å². The molecule has 0 N–H and O–H groups in total. The van der Waals surface area contributed by atoms with Gasteiger partial charge in [-0.1, -0.05) is 35.9 Å². The van der Waals surface area contributed by atoms with E-state index in [1.54, 1.807) is 0 Å². The topological polar surface area (TPSA) is 20.3 Å². The number of halogens is 1. The summed E-state index contributed by atoms with van der Waals surface area (Å²) in [4.78, 5) is 14.5. The molecule has 0 radical (unpaired) electrons. The van der Waals surface area contributed by atoms with Crippen LogP contribution in [-0.4, -0.2) is 10.8 Å². The number of nitrogens with zero attached hydrogens (tertiary/aromatic N) is 1. The Balaban J connectivity index is 1.89. The molecule has 0 aliphatic carbocycles. The van der Waals surface area contributed by atoms with Gasteiger partial charge in [0.2, 0.25) is 0 Å². The van der Waals surface area contributed by atoms with E-state index >= 15 is 0 Å². The Morgan fingerprint density at radius 1 is 1.11 bits per heavy atom. The van der Waals surface area contributed by atoms with Crippen molar-refractivity contribution in [1.29, 1.82) is 0 Å². The summed E-state index contributed by atoms with van der Waals surface area (Å²) in [6.45, 7) is 3.41. The highest BCUT2D eigenvalue weighted by molar-refractivity contribution is 9.10. The standard InChI is InChI=1S/C16H14BrNO/c1-11-6-7-15(17)14(8-11)16(19)18-9-12-4-2-3-5-13(12)10-18/h2-8H,9-10H2,1H3. The van der Waals surface area contributed by atoms with Crippen LogP contribution in [0.25, 0.3) is 0 Å². The third kappa shape index (κ3) is 2.30. The number of amides is 1. The molecular formula is C16H14BrNO. The van der Waals surface area contributed by atoms with Crippen LogP contribution in [0.4, 0.5) is 0 Å². The van der Waals surface area contributed by atoms with Gasteiger partial charge in [0.05, 0.1) is 5.56 Å². The first-order valence-electron chi connectivity index (χ1n) is 6.27. The summed E-state index contributed by atoms with van der Waals surface area (Å²) in [7, 11) is 0. The summed E-state index contributed by atoms with van der Waals surface area (Å²) in [5, 5.41) is 0. The fourth-order valence-corrected chi connectivity index (χ4v) is 2.87. The normalized spacial score (nSPS) is 13.5. The van der Waals surface area contributed by atoms with Crippen molar-refractivity contribution >= 4 is 21.8 Å². The number of carbonyl (C=O) groups is 1. The van der Waals surface area contributed by atoms with Gasteiger partial charge < -0.3 is 4.90 Å². The van der Waals surface area contributed by atoms with Crippen molar-refractivity contribution in [2.45, 2.75) is 20.0 Å². The zero-order valence-corrected chi connectivity index (χ0v) is 12.3. The van der Waals surface area contributed by atoms with Gasteiger partial charge in [-0.2, -0.15) is 0 Å². The van der Waals surface area contributed by atoms with Gasteiger partial charge in [-0.15, -0.1) is 0 Å². The molecule has 1 amide bonds. The number of hydrogen-bond acceptors (Lipinski definition) is 1. The summed E-state index contributed by atoms with van der Waals surface area (Å²) in [5.41, 5.74) is 4.34. The highest BCUT2D eigenvalue weighted by Gasteiger charge is 2.25. The van der Waals surface area contributed by atoms with Crippen molar-refractivity contribution in [2.75, 3.05) is 0 Å². The lowest BCUT2D eigenvalue weighted by Crippen LogP contribution is -2.25. The van der Waals surface area contributed by atoms with Gasteiger partial charge in [0, 0.05) is 17.6 Å². The van der Waals surface area contributed by atoms with Crippen LogP contribution in [0.2, 0.25) is 0 Å². The highest BCUT2D eigenvalue weighted by Crippen LogP contribution is 2.26. The molecule has 2 aromatic carbocycles. The van der Waals surface area contributed by atoms with E-state index in [-0.39, 0.29) is 5.91 Å². The Morgan fingerprint density at radius 2 is 1.74 bits per heavy atom. The van der Waals surface area contributed by atoms with E-state index in [9.17, 15) is 4.79 Å². The summed E-state index contributed by atoms with van der Waals surface area (Å²) in [5.74, 6) is 0.0896. The number of fused-ring (bicyclic) bond motifs is 1. The second-order valence-electron chi connectivity index (χ2n) is 4.91. The maximum atomic E-state index is 12.6. The number of carbonyl (C=O) groups excluding carboxylic acids is 1. The molecule has 1 heterocycles. The molecule has 0 saturated heterocycles. The Morgan fingerprint density at radius 3 is 2.37 bits per heavy atom. The minimum atomic E-state index is 0.0896. The van der Waals surface area contributed by atoms with Crippen molar-refractivity contribution in [3.8, 4) is 0 Å². The molecule has 2 nitrogen and oxygen atoms in total. The molecule has 0 spiro atoms. The molecule has 0 saturated carbocycles. The van der Waals surface area contributed by atoms with Crippen LogP contribution in [0.3, 0.4) is 0 Å². The molecule has 2 aromatic rings. The molecule has 1 aliphatic rings. The number of benzene rings is 2. The predicted octanol–water partition coefficient (Wildman–Crippen LogP) is 3.91. The molecule has 0 bridgehead atoms. The Hall–Kier alpha value is -1.61. The SMILES string of the molecule is Cc1ccc(Br)c(C(=O)N2Cc3ccccc3C2)c1. The van der Waals surface area contributed by atoms with E-state index < -0.39 is 0 Å². The van der Waals surface area contributed by atoms with Gasteiger partial charge in [0.25, 0.3) is 5.91 Å².